The second-order valence-corrected chi connectivity index (χ2v) is 4.80. The highest BCUT2D eigenvalue weighted by molar-refractivity contribution is 5.94. The normalized spacial score (nSPS) is 11.7. The maximum absolute atomic E-state index is 11.7. The van der Waals surface area contributed by atoms with E-state index in [1.165, 1.54) is 0 Å². The number of rotatable bonds is 6. The summed E-state index contributed by atoms with van der Waals surface area (Å²) in [7, 11) is 1.75. The van der Waals surface area contributed by atoms with Crippen molar-refractivity contribution in [3.8, 4) is 5.75 Å². The number of hydrogen-bond donors (Lipinski definition) is 2. The fourth-order valence-electron chi connectivity index (χ4n) is 1.76. The third-order valence-electron chi connectivity index (χ3n) is 3.20. The first-order chi connectivity index (χ1) is 10.2. The molecule has 2 N–H and O–H groups in total. The summed E-state index contributed by atoms with van der Waals surface area (Å²) < 4.78 is 5.70. The maximum atomic E-state index is 11.7. The Labute approximate surface area is 125 Å². The Kier molecular flexibility index (Phi) is 5.35. The molecule has 0 aliphatic heterocycles. The summed E-state index contributed by atoms with van der Waals surface area (Å²) in [5, 5.41) is 5.73. The van der Waals surface area contributed by atoms with Gasteiger partial charge in [0.25, 0.3) is 0 Å². The second kappa shape index (κ2) is 7.45. The van der Waals surface area contributed by atoms with E-state index in [0.29, 0.717) is 6.61 Å². The number of ether oxygens (including phenoxy) is 1. The van der Waals surface area contributed by atoms with Crippen LogP contribution in [0.4, 0.5) is 5.69 Å². The zero-order chi connectivity index (χ0) is 15.1. The Morgan fingerprint density at radius 2 is 1.76 bits per heavy atom. The van der Waals surface area contributed by atoms with Gasteiger partial charge < -0.3 is 15.4 Å². The number of carbonyl (C=O) groups excluding carboxylic acids is 1. The number of benzene rings is 2. The molecule has 4 nitrogen and oxygen atoms in total. The Balaban J connectivity index is 1.88. The predicted molar refractivity (Wildman–Crippen MR) is 84.4 cm³/mol. The maximum Gasteiger partial charge on any atom is 0.241 e. The van der Waals surface area contributed by atoms with Gasteiger partial charge in [-0.3, -0.25) is 4.79 Å². The first-order valence-electron chi connectivity index (χ1n) is 6.94. The van der Waals surface area contributed by atoms with E-state index in [4.69, 9.17) is 4.74 Å². The largest absolute Gasteiger partial charge is 0.489 e. The number of anilines is 1. The highest BCUT2D eigenvalue weighted by Crippen LogP contribution is 2.17. The average molecular weight is 284 g/mol. The zero-order valence-corrected chi connectivity index (χ0v) is 12.3. The van der Waals surface area contributed by atoms with Gasteiger partial charge in [0, 0.05) is 5.69 Å². The lowest BCUT2D eigenvalue weighted by molar-refractivity contribution is -0.117. The van der Waals surface area contributed by atoms with E-state index >= 15 is 0 Å². The van der Waals surface area contributed by atoms with Crippen molar-refractivity contribution in [2.24, 2.45) is 0 Å². The molecule has 0 spiro atoms. The number of carbonyl (C=O) groups is 1. The van der Waals surface area contributed by atoms with Crippen molar-refractivity contribution in [3.05, 3.63) is 60.2 Å². The van der Waals surface area contributed by atoms with E-state index in [2.05, 4.69) is 10.6 Å². The quantitative estimate of drug-likeness (QED) is 0.857. The van der Waals surface area contributed by atoms with Crippen molar-refractivity contribution in [2.45, 2.75) is 19.6 Å². The molecule has 2 aromatic carbocycles. The smallest absolute Gasteiger partial charge is 0.241 e. The summed E-state index contributed by atoms with van der Waals surface area (Å²) in [5.41, 5.74) is 1.88. The van der Waals surface area contributed by atoms with Crippen molar-refractivity contribution in [3.63, 3.8) is 0 Å². The van der Waals surface area contributed by atoms with Crippen molar-refractivity contribution >= 4 is 11.6 Å². The summed E-state index contributed by atoms with van der Waals surface area (Å²) >= 11 is 0. The van der Waals surface area contributed by atoms with E-state index in [9.17, 15) is 4.79 Å². The van der Waals surface area contributed by atoms with Gasteiger partial charge in [-0.1, -0.05) is 30.3 Å². The first-order valence-corrected chi connectivity index (χ1v) is 6.94. The molecule has 4 heteroatoms. The number of amides is 1. The molecule has 0 aliphatic rings. The van der Waals surface area contributed by atoms with Crippen LogP contribution in [0.5, 0.6) is 5.75 Å². The van der Waals surface area contributed by atoms with Gasteiger partial charge in [-0.25, -0.2) is 0 Å². The molecule has 0 aliphatic carbocycles. The minimum absolute atomic E-state index is 0.0598. The van der Waals surface area contributed by atoms with Crippen LogP contribution in [0.2, 0.25) is 0 Å². The predicted octanol–water partition coefficient (Wildman–Crippen LogP) is 2.81. The molecule has 0 heterocycles. The van der Waals surface area contributed by atoms with Crippen LogP contribution in [-0.4, -0.2) is 19.0 Å². The number of likely N-dealkylation sites (N-methyl/N-ethyl adjacent to an activating group) is 1. The fraction of sp³-hybridized carbons (Fsp3) is 0.235. The summed E-state index contributed by atoms with van der Waals surface area (Å²) in [5.74, 6) is 0.717. The van der Waals surface area contributed by atoms with Gasteiger partial charge in [0.15, 0.2) is 0 Å². The molecule has 110 valence electrons. The summed E-state index contributed by atoms with van der Waals surface area (Å²) in [6.45, 7) is 2.34. The lowest BCUT2D eigenvalue weighted by Gasteiger charge is -2.11. The van der Waals surface area contributed by atoms with Gasteiger partial charge in [-0.05, 0) is 43.8 Å². The molecule has 1 unspecified atom stereocenters. The molecule has 2 rings (SSSR count). The minimum atomic E-state index is -0.223. The molecule has 0 fully saturated rings. The Hall–Kier alpha value is -2.33. The molecule has 0 bridgehead atoms. The minimum Gasteiger partial charge on any atom is -0.489 e. The van der Waals surface area contributed by atoms with Crippen LogP contribution in [0.25, 0.3) is 0 Å². The van der Waals surface area contributed by atoms with Crippen molar-refractivity contribution < 1.29 is 9.53 Å². The second-order valence-electron chi connectivity index (χ2n) is 4.80. The average Bonchev–Trinajstić information content (AvgIpc) is 2.54. The third-order valence-corrected chi connectivity index (χ3v) is 3.20. The van der Waals surface area contributed by atoms with Crippen LogP contribution >= 0.6 is 0 Å². The van der Waals surface area contributed by atoms with Crippen molar-refractivity contribution in [2.75, 3.05) is 12.4 Å². The van der Waals surface area contributed by atoms with Crippen molar-refractivity contribution in [1.82, 2.24) is 5.32 Å². The van der Waals surface area contributed by atoms with E-state index in [-0.39, 0.29) is 11.9 Å². The molecule has 1 atom stereocenters. The lowest BCUT2D eigenvalue weighted by Crippen LogP contribution is -2.35. The molecule has 0 saturated carbocycles. The number of nitrogens with one attached hydrogen (secondary N) is 2. The SMILES string of the molecule is CNC(C)C(=O)Nc1ccc(OCc2ccccc2)cc1. The van der Waals surface area contributed by atoms with Crippen LogP contribution < -0.4 is 15.4 Å². The van der Waals surface area contributed by atoms with Gasteiger partial charge in [0.1, 0.15) is 12.4 Å². The van der Waals surface area contributed by atoms with Gasteiger partial charge in [-0.15, -0.1) is 0 Å². The van der Waals surface area contributed by atoms with Crippen LogP contribution in [0.15, 0.2) is 54.6 Å². The Morgan fingerprint density at radius 3 is 2.38 bits per heavy atom. The molecule has 2 aromatic rings. The lowest BCUT2D eigenvalue weighted by atomic mass is 10.2. The highest BCUT2D eigenvalue weighted by atomic mass is 16.5. The van der Waals surface area contributed by atoms with Crippen LogP contribution in [0.3, 0.4) is 0 Å². The Morgan fingerprint density at radius 1 is 1.10 bits per heavy atom. The standard InChI is InChI=1S/C17H20N2O2/c1-13(18-2)17(20)19-15-8-10-16(11-9-15)21-12-14-6-4-3-5-7-14/h3-11,13,18H,12H2,1-2H3,(H,19,20). The molecular weight excluding hydrogens is 264 g/mol. The van der Waals surface area contributed by atoms with Gasteiger partial charge in [-0.2, -0.15) is 0 Å². The first kappa shape index (κ1) is 15.1. The van der Waals surface area contributed by atoms with Gasteiger partial charge in [0.05, 0.1) is 6.04 Å². The highest BCUT2D eigenvalue weighted by Gasteiger charge is 2.09. The molecule has 0 radical (unpaired) electrons. The van der Waals surface area contributed by atoms with E-state index in [0.717, 1.165) is 17.0 Å². The van der Waals surface area contributed by atoms with Crippen molar-refractivity contribution in [1.29, 1.82) is 0 Å². The van der Waals surface area contributed by atoms with Gasteiger partial charge in [0.2, 0.25) is 5.91 Å². The third kappa shape index (κ3) is 4.61. The van der Waals surface area contributed by atoms with Crippen LogP contribution in [0, 0.1) is 0 Å². The van der Waals surface area contributed by atoms with E-state index in [1.807, 2.05) is 61.5 Å². The topological polar surface area (TPSA) is 50.4 Å². The van der Waals surface area contributed by atoms with Gasteiger partial charge >= 0.3 is 0 Å². The molecule has 21 heavy (non-hydrogen) atoms. The molecule has 0 aromatic heterocycles. The monoisotopic (exact) mass is 284 g/mol. The van der Waals surface area contributed by atoms with E-state index < -0.39 is 0 Å². The molecular formula is C17H20N2O2. The fourth-order valence-corrected chi connectivity index (χ4v) is 1.76. The van der Waals surface area contributed by atoms with E-state index in [1.54, 1.807) is 7.05 Å². The summed E-state index contributed by atoms with van der Waals surface area (Å²) in [4.78, 5) is 11.7. The zero-order valence-electron chi connectivity index (χ0n) is 12.3. The summed E-state index contributed by atoms with van der Waals surface area (Å²) in [6.07, 6.45) is 0. The number of hydrogen-bond acceptors (Lipinski definition) is 3. The van der Waals surface area contributed by atoms with Crippen LogP contribution in [0.1, 0.15) is 12.5 Å². The summed E-state index contributed by atoms with van der Waals surface area (Å²) in [6, 6.07) is 17.1. The molecule has 0 saturated heterocycles. The molecule has 1 amide bonds. The van der Waals surface area contributed by atoms with Crippen LogP contribution in [-0.2, 0) is 11.4 Å². The Bertz CT molecular complexity index is 567.